The highest BCUT2D eigenvalue weighted by Crippen LogP contribution is 2.31. The molecule has 6 heteroatoms. The van der Waals surface area contributed by atoms with Crippen LogP contribution in [-0.4, -0.2) is 39.6 Å². The van der Waals surface area contributed by atoms with E-state index in [-0.39, 0.29) is 0 Å². The van der Waals surface area contributed by atoms with Gasteiger partial charge in [0.15, 0.2) is 0 Å². The Morgan fingerprint density at radius 1 is 1.10 bits per heavy atom. The van der Waals surface area contributed by atoms with E-state index in [1.807, 2.05) is 57.2 Å². The molecule has 0 aliphatic carbocycles. The van der Waals surface area contributed by atoms with Gasteiger partial charge in [0.1, 0.15) is 11.6 Å². The number of hydrazine groups is 1. The number of hydrogen-bond acceptors (Lipinski definition) is 5. The summed E-state index contributed by atoms with van der Waals surface area (Å²) in [6.07, 6.45) is 3.79. The van der Waals surface area contributed by atoms with Gasteiger partial charge in [-0.15, -0.1) is 0 Å². The lowest BCUT2D eigenvalue weighted by atomic mass is 10.2. The molecule has 0 radical (unpaired) electrons. The Kier molecular flexibility index (Phi) is 9.06. The summed E-state index contributed by atoms with van der Waals surface area (Å²) < 4.78 is 5.91. The number of anilines is 3. The van der Waals surface area contributed by atoms with Crippen molar-refractivity contribution in [3.05, 3.63) is 54.2 Å². The van der Waals surface area contributed by atoms with Crippen molar-refractivity contribution >= 4 is 29.0 Å². The van der Waals surface area contributed by atoms with Gasteiger partial charge in [-0.25, -0.2) is 4.99 Å². The molecule has 6 nitrogen and oxygen atoms in total. The molecule has 2 aromatic carbocycles. The largest absolute Gasteiger partial charge is 0.492 e. The first-order valence-electron chi connectivity index (χ1n) is 10.5. The van der Waals surface area contributed by atoms with Crippen molar-refractivity contribution in [2.24, 2.45) is 4.99 Å². The predicted octanol–water partition coefficient (Wildman–Crippen LogP) is 5.00. The van der Waals surface area contributed by atoms with Gasteiger partial charge in [0.25, 0.3) is 0 Å². The molecule has 2 rings (SSSR count). The Morgan fingerprint density at radius 3 is 2.50 bits per heavy atom. The molecule has 162 valence electrons. The lowest BCUT2D eigenvalue weighted by Crippen LogP contribution is -2.38. The van der Waals surface area contributed by atoms with Crippen LogP contribution in [-0.2, 0) is 0 Å². The summed E-state index contributed by atoms with van der Waals surface area (Å²) in [5, 5.41) is 5.12. The van der Waals surface area contributed by atoms with Gasteiger partial charge in [0.05, 0.1) is 12.3 Å². The van der Waals surface area contributed by atoms with Crippen LogP contribution in [0.3, 0.4) is 0 Å². The molecular formula is C24H35N5O. The predicted molar refractivity (Wildman–Crippen MR) is 131 cm³/mol. The molecule has 0 unspecified atom stereocenters. The summed E-state index contributed by atoms with van der Waals surface area (Å²) in [4.78, 5) is 6.82. The lowest BCUT2D eigenvalue weighted by Gasteiger charge is -2.26. The Hall–Kier alpha value is -3.15. The van der Waals surface area contributed by atoms with Crippen molar-refractivity contribution in [2.45, 2.75) is 27.7 Å². The zero-order valence-corrected chi connectivity index (χ0v) is 19.1. The fourth-order valence-electron chi connectivity index (χ4n) is 3.27. The second-order valence-electron chi connectivity index (χ2n) is 6.80. The van der Waals surface area contributed by atoms with Gasteiger partial charge < -0.3 is 15.0 Å². The number of nitrogens with zero attached hydrogens (tertiary/aromatic N) is 3. The van der Waals surface area contributed by atoms with Crippen LogP contribution >= 0.6 is 0 Å². The molecule has 0 aliphatic heterocycles. The third-order valence-electron chi connectivity index (χ3n) is 4.82. The fourth-order valence-corrected chi connectivity index (χ4v) is 3.27. The molecular weight excluding hydrogens is 374 g/mol. The minimum absolute atomic E-state index is 0.614. The molecule has 2 N–H and O–H groups in total. The smallest absolute Gasteiger partial charge is 0.146 e. The summed E-state index contributed by atoms with van der Waals surface area (Å²) in [5.74, 6) is 1.63. The van der Waals surface area contributed by atoms with Gasteiger partial charge in [-0.1, -0.05) is 18.2 Å². The van der Waals surface area contributed by atoms with E-state index >= 15 is 0 Å². The number of aliphatic imine (C=N–C) groups is 1. The Labute approximate surface area is 181 Å². The maximum absolute atomic E-state index is 5.91. The summed E-state index contributed by atoms with van der Waals surface area (Å²) in [7, 11) is 3.88. The van der Waals surface area contributed by atoms with Crippen LogP contribution in [0.15, 0.2) is 53.7 Å². The third-order valence-corrected chi connectivity index (χ3v) is 4.82. The van der Waals surface area contributed by atoms with E-state index in [1.54, 1.807) is 6.20 Å². The van der Waals surface area contributed by atoms with Gasteiger partial charge in [0, 0.05) is 50.8 Å². The number of amidine groups is 1. The topological polar surface area (TPSA) is 52.1 Å². The van der Waals surface area contributed by atoms with E-state index in [0.717, 1.165) is 47.3 Å². The van der Waals surface area contributed by atoms with Crippen molar-refractivity contribution in [3.8, 4) is 5.75 Å². The first-order chi connectivity index (χ1) is 14.5. The van der Waals surface area contributed by atoms with Crippen molar-refractivity contribution in [2.75, 3.05) is 49.0 Å². The van der Waals surface area contributed by atoms with Crippen LogP contribution in [0.5, 0.6) is 5.75 Å². The number of rotatable bonds is 10. The quantitative estimate of drug-likeness (QED) is 0.328. The molecule has 2 aromatic rings. The van der Waals surface area contributed by atoms with Gasteiger partial charge in [-0.05, 0) is 57.5 Å². The van der Waals surface area contributed by atoms with Gasteiger partial charge in [-0.3, -0.25) is 10.4 Å². The number of para-hydroxylation sites is 1. The highest BCUT2D eigenvalue weighted by Gasteiger charge is 2.12. The highest BCUT2D eigenvalue weighted by molar-refractivity contribution is 5.83. The minimum atomic E-state index is 0.614. The maximum Gasteiger partial charge on any atom is 0.146 e. The monoisotopic (exact) mass is 409 g/mol. The van der Waals surface area contributed by atoms with Crippen LogP contribution in [0, 0.1) is 0 Å². The van der Waals surface area contributed by atoms with Crippen molar-refractivity contribution in [3.63, 3.8) is 0 Å². The molecule has 0 saturated heterocycles. The second kappa shape index (κ2) is 11.8. The molecule has 0 heterocycles. The van der Waals surface area contributed by atoms with Gasteiger partial charge in [0.2, 0.25) is 0 Å². The lowest BCUT2D eigenvalue weighted by molar-refractivity contribution is 0.340. The van der Waals surface area contributed by atoms with Crippen LogP contribution in [0.25, 0.3) is 6.08 Å². The van der Waals surface area contributed by atoms with Crippen molar-refractivity contribution in [1.29, 1.82) is 0 Å². The zero-order valence-electron chi connectivity index (χ0n) is 19.1. The highest BCUT2D eigenvalue weighted by atomic mass is 16.5. The molecule has 0 saturated carbocycles. The molecule has 0 bridgehead atoms. The van der Waals surface area contributed by atoms with E-state index < -0.39 is 0 Å². The Balaban J connectivity index is 2.14. The third kappa shape index (κ3) is 6.17. The molecule has 30 heavy (non-hydrogen) atoms. The SMILES string of the molecule is CCOc1cc(N(CC)CC)ccc1N(C)NC(C)=N/C=C\c1ccccc1NC. The van der Waals surface area contributed by atoms with Crippen molar-refractivity contribution < 1.29 is 4.74 Å². The minimum Gasteiger partial charge on any atom is -0.492 e. The first kappa shape index (κ1) is 23.1. The van der Waals surface area contributed by atoms with Crippen LogP contribution in [0.1, 0.15) is 33.3 Å². The van der Waals surface area contributed by atoms with E-state index in [0.29, 0.717) is 6.61 Å². The van der Waals surface area contributed by atoms with E-state index in [1.165, 1.54) is 0 Å². The Morgan fingerprint density at radius 2 is 1.83 bits per heavy atom. The van der Waals surface area contributed by atoms with Crippen molar-refractivity contribution in [1.82, 2.24) is 5.43 Å². The second-order valence-corrected chi connectivity index (χ2v) is 6.80. The molecule has 0 aliphatic rings. The average molecular weight is 410 g/mol. The maximum atomic E-state index is 5.91. The Bertz CT molecular complexity index is 858. The van der Waals surface area contributed by atoms with E-state index in [9.17, 15) is 0 Å². The van der Waals surface area contributed by atoms with Crippen LogP contribution in [0.4, 0.5) is 17.1 Å². The standard InChI is InChI=1S/C24H35N5O/c1-7-29(8-2)21-14-15-23(24(18-21)30-9-3)28(6)27-19(4)26-17-16-20-12-10-11-13-22(20)25-5/h10-18,25H,7-9H2,1-6H3,(H,26,27)/b17-16-. The summed E-state index contributed by atoms with van der Waals surface area (Å²) in [6.45, 7) is 10.8. The first-order valence-corrected chi connectivity index (χ1v) is 10.5. The fraction of sp³-hybridized carbons (Fsp3) is 0.375. The summed E-state index contributed by atoms with van der Waals surface area (Å²) >= 11 is 0. The molecule has 0 amide bonds. The number of nitrogens with one attached hydrogen (secondary N) is 2. The average Bonchev–Trinajstić information content (AvgIpc) is 2.75. The van der Waals surface area contributed by atoms with E-state index in [4.69, 9.17) is 4.74 Å². The van der Waals surface area contributed by atoms with Gasteiger partial charge in [-0.2, -0.15) is 0 Å². The molecule has 0 fully saturated rings. The van der Waals surface area contributed by atoms with Gasteiger partial charge >= 0.3 is 0 Å². The molecule has 0 spiro atoms. The van der Waals surface area contributed by atoms with E-state index in [2.05, 4.69) is 58.7 Å². The van der Waals surface area contributed by atoms with Crippen LogP contribution < -0.4 is 25.4 Å². The zero-order chi connectivity index (χ0) is 21.9. The number of hydrogen-bond donors (Lipinski definition) is 2. The number of ether oxygens (including phenoxy) is 1. The number of benzene rings is 2. The normalized spacial score (nSPS) is 11.5. The molecule has 0 atom stereocenters. The summed E-state index contributed by atoms with van der Waals surface area (Å²) in [6, 6.07) is 14.4. The molecule has 0 aromatic heterocycles. The van der Waals surface area contributed by atoms with Crippen LogP contribution in [0.2, 0.25) is 0 Å². The summed E-state index contributed by atoms with van der Waals surface area (Å²) in [5.41, 5.74) is 7.60.